The minimum absolute atomic E-state index is 0.615. The first-order valence-electron chi connectivity index (χ1n) is 5.82. The van der Waals surface area contributed by atoms with E-state index in [9.17, 15) is 0 Å². The van der Waals surface area contributed by atoms with Gasteiger partial charge in [0.05, 0.1) is 0 Å². The highest BCUT2D eigenvalue weighted by atomic mass is 15.3. The quantitative estimate of drug-likeness (QED) is 0.767. The number of nitrogens with two attached hydrogens (primary N) is 1. The van der Waals surface area contributed by atoms with Gasteiger partial charge in [0.15, 0.2) is 0 Å². The van der Waals surface area contributed by atoms with Crippen LogP contribution in [0.5, 0.6) is 0 Å². The molecular weight excluding hydrogens is 188 g/mol. The van der Waals surface area contributed by atoms with Gasteiger partial charge in [0.2, 0.25) is 0 Å². The van der Waals surface area contributed by atoms with E-state index in [0.717, 1.165) is 19.0 Å². The lowest BCUT2D eigenvalue weighted by Gasteiger charge is -2.19. The van der Waals surface area contributed by atoms with Gasteiger partial charge in [-0.3, -0.25) is 4.68 Å². The fourth-order valence-electron chi connectivity index (χ4n) is 1.98. The van der Waals surface area contributed by atoms with Crippen LogP contribution >= 0.6 is 0 Å². The van der Waals surface area contributed by atoms with Gasteiger partial charge in [-0.25, -0.2) is 0 Å². The summed E-state index contributed by atoms with van der Waals surface area (Å²) in [7, 11) is 0. The largest absolute Gasteiger partial charge is 0.382 e. The molecule has 1 fully saturated rings. The predicted molar refractivity (Wildman–Crippen MR) is 61.5 cm³/mol. The van der Waals surface area contributed by atoms with E-state index in [1.807, 2.05) is 16.9 Å². The molecule has 1 aromatic heterocycles. The smallest absolute Gasteiger partial charge is 0.145 e. The maximum atomic E-state index is 5.55. The van der Waals surface area contributed by atoms with Gasteiger partial charge in [-0.1, -0.05) is 6.92 Å². The van der Waals surface area contributed by atoms with Crippen molar-refractivity contribution in [3.05, 3.63) is 12.3 Å². The van der Waals surface area contributed by atoms with Crippen molar-refractivity contribution >= 4 is 5.82 Å². The lowest BCUT2D eigenvalue weighted by molar-refractivity contribution is 0.267. The van der Waals surface area contributed by atoms with Gasteiger partial charge in [0.1, 0.15) is 5.82 Å². The summed E-state index contributed by atoms with van der Waals surface area (Å²) in [4.78, 5) is 2.56. The molecule has 0 aromatic carbocycles. The summed E-state index contributed by atoms with van der Waals surface area (Å²) in [5.74, 6) is 0.615. The first-order chi connectivity index (χ1) is 7.29. The molecule has 1 saturated carbocycles. The molecule has 0 atom stereocenters. The summed E-state index contributed by atoms with van der Waals surface area (Å²) < 4.78 is 1.93. The Morgan fingerprint density at radius 2 is 2.40 bits per heavy atom. The van der Waals surface area contributed by atoms with E-state index in [2.05, 4.69) is 16.9 Å². The van der Waals surface area contributed by atoms with Crippen molar-refractivity contribution in [1.29, 1.82) is 0 Å². The normalized spacial score (nSPS) is 16.1. The van der Waals surface area contributed by atoms with Crippen LogP contribution in [0.15, 0.2) is 12.3 Å². The molecule has 0 radical (unpaired) electrons. The Morgan fingerprint density at radius 3 is 2.93 bits per heavy atom. The van der Waals surface area contributed by atoms with Gasteiger partial charge < -0.3 is 10.6 Å². The molecule has 84 valence electrons. The Labute approximate surface area is 91.1 Å². The van der Waals surface area contributed by atoms with E-state index in [-0.39, 0.29) is 0 Å². The maximum absolute atomic E-state index is 5.55. The zero-order valence-corrected chi connectivity index (χ0v) is 9.39. The molecule has 1 aliphatic rings. The van der Waals surface area contributed by atoms with Crippen LogP contribution in [0.1, 0.15) is 26.2 Å². The Balaban J connectivity index is 1.69. The minimum atomic E-state index is 0.615. The number of nitrogen functional groups attached to an aromatic ring is 1. The molecule has 1 heterocycles. The molecule has 1 aromatic rings. The number of aromatic nitrogens is 2. The van der Waals surface area contributed by atoms with Gasteiger partial charge in [-0.05, 0) is 31.9 Å². The summed E-state index contributed by atoms with van der Waals surface area (Å²) in [6, 6.07) is 2.72. The molecule has 2 N–H and O–H groups in total. The molecule has 0 saturated heterocycles. The molecule has 15 heavy (non-hydrogen) atoms. The van der Waals surface area contributed by atoms with Gasteiger partial charge in [0.25, 0.3) is 0 Å². The SMILES string of the molecule is CCN(CCCn1ccc(N)n1)C1CC1. The van der Waals surface area contributed by atoms with Crippen LogP contribution in [-0.2, 0) is 6.54 Å². The van der Waals surface area contributed by atoms with Crippen molar-refractivity contribution in [3.63, 3.8) is 0 Å². The Morgan fingerprint density at radius 1 is 1.60 bits per heavy atom. The van der Waals surface area contributed by atoms with Crippen molar-refractivity contribution in [2.75, 3.05) is 18.8 Å². The molecule has 0 unspecified atom stereocenters. The van der Waals surface area contributed by atoms with Crippen LogP contribution in [0, 0.1) is 0 Å². The predicted octanol–water partition coefficient (Wildman–Crippen LogP) is 1.34. The number of anilines is 1. The number of hydrogen-bond acceptors (Lipinski definition) is 3. The van der Waals surface area contributed by atoms with Crippen LogP contribution < -0.4 is 5.73 Å². The molecule has 0 amide bonds. The van der Waals surface area contributed by atoms with E-state index < -0.39 is 0 Å². The van der Waals surface area contributed by atoms with Gasteiger partial charge >= 0.3 is 0 Å². The van der Waals surface area contributed by atoms with Crippen molar-refractivity contribution in [2.24, 2.45) is 0 Å². The van der Waals surface area contributed by atoms with E-state index >= 15 is 0 Å². The van der Waals surface area contributed by atoms with E-state index in [1.54, 1.807) is 0 Å². The number of rotatable bonds is 6. The molecule has 0 bridgehead atoms. The van der Waals surface area contributed by atoms with Crippen LogP contribution in [0.3, 0.4) is 0 Å². The molecule has 0 aliphatic heterocycles. The van der Waals surface area contributed by atoms with Crippen molar-refractivity contribution in [1.82, 2.24) is 14.7 Å². The second-order valence-electron chi connectivity index (χ2n) is 4.22. The fraction of sp³-hybridized carbons (Fsp3) is 0.727. The van der Waals surface area contributed by atoms with E-state index in [0.29, 0.717) is 5.82 Å². The highest BCUT2D eigenvalue weighted by Crippen LogP contribution is 2.26. The third-order valence-corrected chi connectivity index (χ3v) is 2.96. The second kappa shape index (κ2) is 4.66. The third-order valence-electron chi connectivity index (χ3n) is 2.96. The lowest BCUT2D eigenvalue weighted by atomic mass is 10.3. The Hall–Kier alpha value is -1.03. The van der Waals surface area contributed by atoms with Gasteiger partial charge in [0, 0.05) is 25.3 Å². The Bertz CT molecular complexity index is 303. The second-order valence-corrected chi connectivity index (χ2v) is 4.22. The summed E-state index contributed by atoms with van der Waals surface area (Å²) in [6.07, 6.45) is 5.89. The average molecular weight is 208 g/mol. The zero-order valence-electron chi connectivity index (χ0n) is 9.39. The van der Waals surface area contributed by atoms with Crippen LogP contribution in [0.2, 0.25) is 0 Å². The first kappa shape index (κ1) is 10.5. The molecular formula is C11H20N4. The molecule has 4 nitrogen and oxygen atoms in total. The van der Waals surface area contributed by atoms with Crippen molar-refractivity contribution in [3.8, 4) is 0 Å². The lowest BCUT2D eigenvalue weighted by Crippen LogP contribution is -2.27. The van der Waals surface area contributed by atoms with E-state index in [4.69, 9.17) is 5.73 Å². The first-order valence-corrected chi connectivity index (χ1v) is 5.82. The van der Waals surface area contributed by atoms with Crippen molar-refractivity contribution < 1.29 is 0 Å². The number of nitrogens with zero attached hydrogens (tertiary/aromatic N) is 3. The van der Waals surface area contributed by atoms with Crippen LogP contribution in [-0.4, -0.2) is 33.8 Å². The topological polar surface area (TPSA) is 47.1 Å². The van der Waals surface area contributed by atoms with Crippen LogP contribution in [0.4, 0.5) is 5.82 Å². The summed E-state index contributed by atoms with van der Waals surface area (Å²) in [5, 5.41) is 4.17. The highest BCUT2D eigenvalue weighted by molar-refractivity contribution is 5.23. The highest BCUT2D eigenvalue weighted by Gasteiger charge is 2.26. The Kier molecular flexibility index (Phi) is 3.26. The molecule has 4 heteroatoms. The van der Waals surface area contributed by atoms with E-state index in [1.165, 1.54) is 25.9 Å². The fourth-order valence-corrected chi connectivity index (χ4v) is 1.98. The van der Waals surface area contributed by atoms with Gasteiger partial charge in [-0.15, -0.1) is 0 Å². The summed E-state index contributed by atoms with van der Waals surface area (Å²) in [5.41, 5.74) is 5.55. The number of aryl methyl sites for hydroxylation is 1. The summed E-state index contributed by atoms with van der Waals surface area (Å²) >= 11 is 0. The third kappa shape index (κ3) is 2.96. The summed E-state index contributed by atoms with van der Waals surface area (Å²) in [6.45, 7) is 5.57. The van der Waals surface area contributed by atoms with Gasteiger partial charge in [-0.2, -0.15) is 5.10 Å². The van der Waals surface area contributed by atoms with Crippen LogP contribution in [0.25, 0.3) is 0 Å². The number of hydrogen-bond donors (Lipinski definition) is 1. The standard InChI is InChI=1S/C11H20N4/c1-2-14(10-4-5-10)7-3-8-15-9-6-11(12)13-15/h6,9-10H,2-5,7-8H2,1H3,(H2,12,13). The monoisotopic (exact) mass is 208 g/mol. The maximum Gasteiger partial charge on any atom is 0.145 e. The average Bonchev–Trinajstić information content (AvgIpc) is 2.98. The van der Waals surface area contributed by atoms with Crippen molar-refractivity contribution in [2.45, 2.75) is 38.8 Å². The zero-order chi connectivity index (χ0) is 10.7. The molecule has 0 spiro atoms. The molecule has 2 rings (SSSR count). The molecule has 1 aliphatic carbocycles. The minimum Gasteiger partial charge on any atom is -0.382 e.